The van der Waals surface area contributed by atoms with Crippen molar-refractivity contribution in [3.63, 3.8) is 0 Å². The largest absolute Gasteiger partial charge is 0.396 e. The normalized spacial score (nSPS) is 12.1. The second-order valence-electron chi connectivity index (χ2n) is 4.23. The Hall–Kier alpha value is -1.40. The van der Waals surface area contributed by atoms with Crippen LogP contribution in [0.2, 0.25) is 5.28 Å². The lowest BCUT2D eigenvalue weighted by molar-refractivity contribution is 0.210. The van der Waals surface area contributed by atoms with Crippen LogP contribution < -0.4 is 5.73 Å². The molecule has 20 heavy (non-hydrogen) atoms. The van der Waals surface area contributed by atoms with Gasteiger partial charge in [0.05, 0.1) is 6.33 Å². The molecule has 6 nitrogen and oxygen atoms in total. The van der Waals surface area contributed by atoms with E-state index >= 15 is 0 Å². The van der Waals surface area contributed by atoms with Gasteiger partial charge in [0.25, 0.3) is 0 Å². The number of halogens is 1. The highest BCUT2D eigenvalue weighted by atomic mass is 35.5. The molecule has 0 aromatic carbocycles. The average Bonchev–Trinajstić information content (AvgIpc) is 2.85. The average molecular weight is 300 g/mol. The summed E-state index contributed by atoms with van der Waals surface area (Å²) in [6, 6.07) is 0. The third-order valence-corrected chi connectivity index (χ3v) is 3.25. The summed E-state index contributed by atoms with van der Waals surface area (Å²) in [7, 11) is 0. The van der Waals surface area contributed by atoms with E-state index in [0.29, 0.717) is 11.2 Å². The highest BCUT2D eigenvalue weighted by Gasteiger charge is 2.11. The maximum atomic E-state index is 9.16. The fraction of sp³-hybridized carbons (Fsp3) is 0.615. The summed E-state index contributed by atoms with van der Waals surface area (Å²) in [4.78, 5) is 12.2. The Morgan fingerprint density at radius 3 is 2.70 bits per heavy atom. The number of hydrogen-bond donors (Lipinski definition) is 2. The number of aliphatic hydroxyl groups is 1. The van der Waals surface area contributed by atoms with Crippen molar-refractivity contribution in [3.05, 3.63) is 11.6 Å². The summed E-state index contributed by atoms with van der Waals surface area (Å²) in [6.07, 6.45) is 3.48. The molecule has 1 unspecified atom stereocenters. The molecule has 112 valence electrons. The van der Waals surface area contributed by atoms with E-state index in [9.17, 15) is 0 Å². The number of nitrogens with two attached hydrogens (primary N) is 1. The number of aliphatic hydroxyl groups excluding tert-OH is 1. The third kappa shape index (κ3) is 3.80. The molecule has 1 atom stereocenters. The first-order valence-electron chi connectivity index (χ1n) is 6.90. The molecule has 0 bridgehead atoms. The van der Waals surface area contributed by atoms with Gasteiger partial charge in [-0.2, -0.15) is 9.97 Å². The Labute approximate surface area is 124 Å². The molecule has 7 heteroatoms. The molecular formula is C13H22ClN5O. The standard InChI is InChI=1S/C11H16ClN5O.C2H6/c1-2-7(5-18)3-4-17-6-14-8-9(13)15-11(12)16-10(8)17;1-2/h6-7,18H,2-5H2,1H3,(H2,13,15,16);1-2H3. The van der Waals surface area contributed by atoms with E-state index in [-0.39, 0.29) is 23.6 Å². The van der Waals surface area contributed by atoms with Gasteiger partial charge in [-0.25, -0.2) is 4.98 Å². The summed E-state index contributed by atoms with van der Waals surface area (Å²) in [6.45, 7) is 6.98. The van der Waals surface area contributed by atoms with Gasteiger partial charge in [0.15, 0.2) is 11.5 Å². The first kappa shape index (κ1) is 16.7. The number of nitrogen functional groups attached to an aromatic ring is 1. The summed E-state index contributed by atoms with van der Waals surface area (Å²) < 4.78 is 1.89. The Kier molecular flexibility index (Phi) is 6.67. The van der Waals surface area contributed by atoms with Crippen LogP contribution in [0.15, 0.2) is 6.33 Å². The number of fused-ring (bicyclic) bond motifs is 1. The first-order chi connectivity index (χ1) is 9.65. The molecule has 2 heterocycles. The highest BCUT2D eigenvalue weighted by Crippen LogP contribution is 2.19. The van der Waals surface area contributed by atoms with Crippen LogP contribution in [0.3, 0.4) is 0 Å². The molecule has 0 radical (unpaired) electrons. The number of imidazole rings is 1. The number of nitrogens with zero attached hydrogens (tertiary/aromatic N) is 4. The van der Waals surface area contributed by atoms with Crippen molar-refractivity contribution in [2.75, 3.05) is 12.3 Å². The summed E-state index contributed by atoms with van der Waals surface area (Å²) in [5, 5.41) is 9.29. The predicted molar refractivity (Wildman–Crippen MR) is 81.6 cm³/mol. The smallest absolute Gasteiger partial charge is 0.226 e. The first-order valence-corrected chi connectivity index (χ1v) is 7.28. The van der Waals surface area contributed by atoms with Gasteiger partial charge in [0.1, 0.15) is 5.52 Å². The van der Waals surface area contributed by atoms with Crippen LogP contribution in [-0.4, -0.2) is 31.2 Å². The second kappa shape index (κ2) is 8.01. The van der Waals surface area contributed by atoms with Crippen LogP contribution in [0.5, 0.6) is 0 Å². The SMILES string of the molecule is CC.CCC(CO)CCn1cnc2c(N)nc(Cl)nc21. The monoisotopic (exact) mass is 299 g/mol. The van der Waals surface area contributed by atoms with Crippen molar-refractivity contribution in [2.24, 2.45) is 5.92 Å². The molecule has 0 aliphatic heterocycles. The molecule has 0 fully saturated rings. The lowest BCUT2D eigenvalue weighted by Gasteiger charge is -2.11. The number of aryl methyl sites for hydroxylation is 1. The van der Waals surface area contributed by atoms with Crippen LogP contribution in [0.4, 0.5) is 5.82 Å². The molecule has 0 aliphatic rings. The summed E-state index contributed by atoms with van der Waals surface area (Å²) in [5.41, 5.74) is 6.93. The minimum atomic E-state index is 0.121. The molecular weight excluding hydrogens is 278 g/mol. The number of anilines is 1. The van der Waals surface area contributed by atoms with Crippen LogP contribution in [0.1, 0.15) is 33.6 Å². The van der Waals surface area contributed by atoms with Crippen LogP contribution in [0.25, 0.3) is 11.2 Å². The lowest BCUT2D eigenvalue weighted by atomic mass is 10.0. The topological polar surface area (TPSA) is 89.8 Å². The van der Waals surface area contributed by atoms with Crippen molar-refractivity contribution in [3.8, 4) is 0 Å². The van der Waals surface area contributed by atoms with Gasteiger partial charge < -0.3 is 15.4 Å². The van der Waals surface area contributed by atoms with Gasteiger partial charge in [0, 0.05) is 13.2 Å². The van der Waals surface area contributed by atoms with Crippen LogP contribution in [0, 0.1) is 5.92 Å². The van der Waals surface area contributed by atoms with Gasteiger partial charge in [-0.3, -0.25) is 0 Å². The van der Waals surface area contributed by atoms with Gasteiger partial charge in [-0.05, 0) is 23.9 Å². The third-order valence-electron chi connectivity index (χ3n) is 3.08. The summed E-state index contributed by atoms with van der Waals surface area (Å²) >= 11 is 5.79. The van der Waals surface area contributed by atoms with E-state index in [4.69, 9.17) is 22.4 Å². The van der Waals surface area contributed by atoms with E-state index in [2.05, 4.69) is 21.9 Å². The molecule has 0 saturated carbocycles. The number of rotatable bonds is 5. The van der Waals surface area contributed by atoms with Gasteiger partial charge in [-0.1, -0.05) is 27.2 Å². The minimum absolute atomic E-state index is 0.121. The van der Waals surface area contributed by atoms with Crippen molar-refractivity contribution >= 4 is 28.6 Å². The maximum absolute atomic E-state index is 9.16. The van der Waals surface area contributed by atoms with Gasteiger partial charge in [-0.15, -0.1) is 0 Å². The van der Waals surface area contributed by atoms with E-state index in [0.717, 1.165) is 19.4 Å². The number of hydrogen-bond acceptors (Lipinski definition) is 5. The lowest BCUT2D eigenvalue weighted by Crippen LogP contribution is -2.09. The van der Waals surface area contributed by atoms with Crippen molar-refractivity contribution < 1.29 is 5.11 Å². The molecule has 0 amide bonds. The molecule has 0 saturated heterocycles. The molecule has 3 N–H and O–H groups in total. The summed E-state index contributed by atoms with van der Waals surface area (Å²) in [5.74, 6) is 0.579. The fourth-order valence-electron chi connectivity index (χ4n) is 1.85. The Morgan fingerprint density at radius 1 is 1.40 bits per heavy atom. The maximum Gasteiger partial charge on any atom is 0.226 e. The minimum Gasteiger partial charge on any atom is -0.396 e. The Bertz CT molecular complexity index is 539. The highest BCUT2D eigenvalue weighted by molar-refractivity contribution is 6.28. The van der Waals surface area contributed by atoms with Gasteiger partial charge in [0.2, 0.25) is 5.28 Å². The van der Waals surface area contributed by atoms with Crippen molar-refractivity contribution in [1.29, 1.82) is 0 Å². The van der Waals surface area contributed by atoms with Crippen molar-refractivity contribution in [2.45, 2.75) is 40.2 Å². The van der Waals surface area contributed by atoms with E-state index in [1.54, 1.807) is 6.33 Å². The van der Waals surface area contributed by atoms with E-state index in [1.165, 1.54) is 0 Å². The molecule has 0 aliphatic carbocycles. The zero-order valence-electron chi connectivity index (χ0n) is 12.2. The van der Waals surface area contributed by atoms with Crippen LogP contribution >= 0.6 is 11.6 Å². The van der Waals surface area contributed by atoms with Gasteiger partial charge >= 0.3 is 0 Å². The Balaban J connectivity index is 0.000000956. The fourth-order valence-corrected chi connectivity index (χ4v) is 2.02. The van der Waals surface area contributed by atoms with E-state index < -0.39 is 0 Å². The van der Waals surface area contributed by atoms with Crippen LogP contribution in [-0.2, 0) is 6.54 Å². The van der Waals surface area contributed by atoms with Crippen molar-refractivity contribution in [1.82, 2.24) is 19.5 Å². The quantitative estimate of drug-likeness (QED) is 0.828. The molecule has 2 aromatic rings. The number of aromatic nitrogens is 4. The zero-order chi connectivity index (χ0) is 15.1. The zero-order valence-corrected chi connectivity index (χ0v) is 12.9. The predicted octanol–water partition coefficient (Wildman–Crippen LogP) is 2.50. The van der Waals surface area contributed by atoms with E-state index in [1.807, 2.05) is 18.4 Å². The molecule has 0 spiro atoms. The molecule has 2 aromatic heterocycles. The second-order valence-corrected chi connectivity index (χ2v) is 4.57. The molecule has 2 rings (SSSR count). The Morgan fingerprint density at radius 2 is 2.10 bits per heavy atom.